The highest BCUT2D eigenvalue weighted by molar-refractivity contribution is 7.13. The average Bonchev–Trinajstić information content (AvgIpc) is 3.46. The first-order valence-corrected chi connectivity index (χ1v) is 14.9. The highest BCUT2D eigenvalue weighted by Crippen LogP contribution is 2.36. The van der Waals surface area contributed by atoms with Gasteiger partial charge in [0.2, 0.25) is 5.43 Å². The van der Waals surface area contributed by atoms with Gasteiger partial charge in [-0.05, 0) is 49.1 Å². The van der Waals surface area contributed by atoms with Crippen LogP contribution in [0.5, 0.6) is 5.75 Å². The molecule has 0 bridgehead atoms. The molecule has 1 N–H and O–H groups in total. The van der Waals surface area contributed by atoms with Gasteiger partial charge in [0, 0.05) is 45.6 Å². The second-order valence-corrected chi connectivity index (χ2v) is 11.6. The van der Waals surface area contributed by atoms with Gasteiger partial charge >= 0.3 is 5.63 Å². The van der Waals surface area contributed by atoms with Crippen LogP contribution >= 0.6 is 11.3 Å². The van der Waals surface area contributed by atoms with Gasteiger partial charge in [-0.3, -0.25) is 9.59 Å². The van der Waals surface area contributed by atoms with E-state index in [2.05, 4.69) is 4.98 Å². The standard InChI is InChI=1S/C35H25NO7S/c1-4-19-10-25-31(40)27(35-36-17(2)16-44-35)15-42-34(25)24(29(19)38)11-21-14-41-32-18(3)33-23(12-26(32)30(21)39)22(13-28(37)43-33)20-8-6-5-7-9-20/h5-10,12-16,38H,4,11H2,1-3H3. The maximum Gasteiger partial charge on any atom is 0.336 e. The Morgan fingerprint density at radius 2 is 1.57 bits per heavy atom. The highest BCUT2D eigenvalue weighted by atomic mass is 32.1. The summed E-state index contributed by atoms with van der Waals surface area (Å²) in [7, 11) is 0. The molecular formula is C35H25NO7S. The van der Waals surface area contributed by atoms with E-state index in [1.165, 1.54) is 29.9 Å². The number of hydrogen-bond acceptors (Lipinski definition) is 9. The van der Waals surface area contributed by atoms with E-state index in [1.807, 2.05) is 49.6 Å². The van der Waals surface area contributed by atoms with Gasteiger partial charge in [-0.15, -0.1) is 11.3 Å². The molecule has 9 heteroatoms. The van der Waals surface area contributed by atoms with Gasteiger partial charge in [0.1, 0.15) is 33.8 Å². The van der Waals surface area contributed by atoms with Crippen LogP contribution in [0.15, 0.2) is 94.1 Å². The molecule has 8 nitrogen and oxygen atoms in total. The average molecular weight is 604 g/mol. The molecule has 44 heavy (non-hydrogen) atoms. The van der Waals surface area contributed by atoms with Crippen LogP contribution in [0.4, 0.5) is 0 Å². The third kappa shape index (κ3) is 4.36. The van der Waals surface area contributed by atoms with Gasteiger partial charge in [0.05, 0.1) is 22.6 Å². The lowest BCUT2D eigenvalue weighted by Crippen LogP contribution is -2.12. The van der Waals surface area contributed by atoms with Crippen molar-refractivity contribution < 1.29 is 18.4 Å². The van der Waals surface area contributed by atoms with Crippen molar-refractivity contribution >= 4 is 44.2 Å². The Morgan fingerprint density at radius 3 is 2.30 bits per heavy atom. The zero-order chi connectivity index (χ0) is 30.7. The molecule has 7 aromatic rings. The molecule has 0 spiro atoms. The van der Waals surface area contributed by atoms with Crippen LogP contribution in [0, 0.1) is 13.8 Å². The van der Waals surface area contributed by atoms with Crippen LogP contribution in [0.25, 0.3) is 54.6 Å². The number of thiazole rings is 1. The van der Waals surface area contributed by atoms with Crippen molar-refractivity contribution in [3.8, 4) is 27.4 Å². The number of aromatic hydroxyl groups is 1. The fraction of sp³-hybridized carbons (Fsp3) is 0.143. The molecule has 0 fully saturated rings. The predicted octanol–water partition coefficient (Wildman–Crippen LogP) is 7.27. The second-order valence-electron chi connectivity index (χ2n) is 10.7. The lowest BCUT2D eigenvalue weighted by atomic mass is 9.95. The number of benzene rings is 3. The largest absolute Gasteiger partial charge is 0.507 e. The predicted molar refractivity (Wildman–Crippen MR) is 171 cm³/mol. The Labute approximate surface area is 253 Å². The minimum absolute atomic E-state index is 0.0386. The van der Waals surface area contributed by atoms with Gasteiger partial charge in [0.25, 0.3) is 0 Å². The van der Waals surface area contributed by atoms with Crippen molar-refractivity contribution in [1.82, 2.24) is 4.98 Å². The minimum atomic E-state index is -0.509. The quantitative estimate of drug-likeness (QED) is 0.161. The van der Waals surface area contributed by atoms with E-state index in [1.54, 1.807) is 19.1 Å². The van der Waals surface area contributed by atoms with E-state index in [4.69, 9.17) is 13.3 Å². The molecule has 0 aliphatic rings. The third-order valence-corrected chi connectivity index (χ3v) is 8.96. The first-order valence-electron chi connectivity index (χ1n) is 14.0. The summed E-state index contributed by atoms with van der Waals surface area (Å²) in [5, 5.41) is 14.9. The second kappa shape index (κ2) is 10.5. The van der Waals surface area contributed by atoms with E-state index in [-0.39, 0.29) is 34.2 Å². The van der Waals surface area contributed by atoms with Gasteiger partial charge in [-0.1, -0.05) is 37.3 Å². The maximum atomic E-state index is 14.0. The molecule has 7 rings (SSSR count). The molecule has 218 valence electrons. The number of hydrogen-bond donors (Lipinski definition) is 1. The lowest BCUT2D eigenvalue weighted by molar-refractivity contribution is 0.461. The monoisotopic (exact) mass is 603 g/mol. The first-order chi connectivity index (χ1) is 21.2. The number of phenolic OH excluding ortho intramolecular Hbond substituents is 1. The Balaban J connectivity index is 1.43. The number of rotatable bonds is 5. The highest BCUT2D eigenvalue weighted by Gasteiger charge is 2.22. The fourth-order valence-electron chi connectivity index (χ4n) is 5.74. The van der Waals surface area contributed by atoms with Gasteiger partial charge in [-0.25, -0.2) is 9.78 Å². The fourth-order valence-corrected chi connectivity index (χ4v) is 6.54. The molecule has 0 unspecified atom stereocenters. The Bertz CT molecular complexity index is 2450. The topological polar surface area (TPSA) is 124 Å². The van der Waals surface area contributed by atoms with Crippen LogP contribution in [-0.4, -0.2) is 10.1 Å². The number of nitrogens with zero attached hydrogens (tertiary/aromatic N) is 1. The van der Waals surface area contributed by atoms with Crippen LogP contribution in [-0.2, 0) is 12.8 Å². The van der Waals surface area contributed by atoms with Crippen molar-refractivity contribution in [3.63, 3.8) is 0 Å². The van der Waals surface area contributed by atoms with Crippen molar-refractivity contribution in [3.05, 3.63) is 125 Å². The summed E-state index contributed by atoms with van der Waals surface area (Å²) in [6, 6.07) is 14.1. The maximum absolute atomic E-state index is 14.0. The Hall–Kier alpha value is -5.28. The molecule has 3 aromatic carbocycles. The molecule has 0 saturated heterocycles. The summed E-state index contributed by atoms with van der Waals surface area (Å²) >= 11 is 1.35. The summed E-state index contributed by atoms with van der Waals surface area (Å²) < 4.78 is 17.5. The zero-order valence-corrected chi connectivity index (χ0v) is 24.8. The molecule has 0 saturated carbocycles. The molecule has 4 aromatic heterocycles. The van der Waals surface area contributed by atoms with Crippen LogP contribution in [0.2, 0.25) is 0 Å². The summed E-state index contributed by atoms with van der Waals surface area (Å²) in [4.78, 5) is 44.6. The molecule has 4 heterocycles. The van der Waals surface area contributed by atoms with Crippen molar-refractivity contribution in [2.75, 3.05) is 0 Å². The van der Waals surface area contributed by atoms with E-state index in [9.17, 15) is 19.5 Å². The van der Waals surface area contributed by atoms with Crippen LogP contribution in [0.1, 0.15) is 34.9 Å². The third-order valence-electron chi connectivity index (χ3n) is 7.96. The van der Waals surface area contributed by atoms with Crippen LogP contribution < -0.4 is 16.5 Å². The molecule has 0 aliphatic heterocycles. The Kier molecular flexibility index (Phi) is 6.55. The number of phenols is 1. The first kappa shape index (κ1) is 27.5. The van der Waals surface area contributed by atoms with E-state index >= 15 is 0 Å². The lowest BCUT2D eigenvalue weighted by Gasteiger charge is -2.13. The van der Waals surface area contributed by atoms with Gasteiger partial charge in [-0.2, -0.15) is 0 Å². The normalized spacial score (nSPS) is 11.6. The summed E-state index contributed by atoms with van der Waals surface area (Å²) in [6.07, 6.45) is 3.12. The smallest absolute Gasteiger partial charge is 0.336 e. The zero-order valence-electron chi connectivity index (χ0n) is 24.0. The van der Waals surface area contributed by atoms with Gasteiger partial charge in [0.15, 0.2) is 5.43 Å². The van der Waals surface area contributed by atoms with E-state index in [0.29, 0.717) is 66.6 Å². The SMILES string of the molecule is CCc1cc2c(=O)c(-c3nc(C)cs3)coc2c(Cc2coc3c(C)c4oc(=O)cc(-c5ccccc5)c4cc3c2=O)c1O. The Morgan fingerprint density at radius 1 is 0.818 bits per heavy atom. The number of fused-ring (bicyclic) bond motifs is 3. The van der Waals surface area contributed by atoms with Crippen LogP contribution in [0.3, 0.4) is 0 Å². The molecule has 0 radical (unpaired) electrons. The molecule has 0 atom stereocenters. The summed E-state index contributed by atoms with van der Waals surface area (Å²) in [5.74, 6) is -0.0386. The van der Waals surface area contributed by atoms with Crippen molar-refractivity contribution in [1.29, 1.82) is 0 Å². The number of aromatic nitrogens is 1. The van der Waals surface area contributed by atoms with E-state index < -0.39 is 5.63 Å². The molecule has 0 amide bonds. The van der Waals surface area contributed by atoms with Gasteiger partial charge < -0.3 is 18.4 Å². The van der Waals surface area contributed by atoms with E-state index in [0.717, 1.165) is 11.3 Å². The van der Waals surface area contributed by atoms with Crippen molar-refractivity contribution in [2.45, 2.75) is 33.6 Å². The van der Waals surface area contributed by atoms with Crippen molar-refractivity contribution in [2.24, 2.45) is 0 Å². The molecular weight excluding hydrogens is 578 g/mol. The molecule has 0 aliphatic carbocycles. The number of aryl methyl sites for hydroxylation is 3. The summed E-state index contributed by atoms with van der Waals surface area (Å²) in [5.41, 5.74) is 3.99. The summed E-state index contributed by atoms with van der Waals surface area (Å²) in [6.45, 7) is 5.47. The minimum Gasteiger partial charge on any atom is -0.507 e.